The molecule has 2 heterocycles. The third-order valence-electron chi connectivity index (χ3n) is 4.53. The van der Waals surface area contributed by atoms with Crippen LogP contribution in [0, 0.1) is 0 Å². The Balaban J connectivity index is 1.45. The number of ether oxygens (including phenoxy) is 1. The number of hydrogen-bond acceptors (Lipinski definition) is 3. The molecule has 0 radical (unpaired) electrons. The van der Waals surface area contributed by atoms with E-state index in [1.807, 2.05) is 48.2 Å². The summed E-state index contributed by atoms with van der Waals surface area (Å²) in [6, 6.07) is 16.2. The summed E-state index contributed by atoms with van der Waals surface area (Å²) in [5.74, 6) is 1.90. The summed E-state index contributed by atoms with van der Waals surface area (Å²) in [5.41, 5.74) is 2.27. The minimum atomic E-state index is -0.108. The third kappa shape index (κ3) is 3.08. The summed E-state index contributed by atoms with van der Waals surface area (Å²) in [4.78, 5) is 13.8. The molecule has 5 heteroatoms. The van der Waals surface area contributed by atoms with E-state index in [0.717, 1.165) is 29.9 Å². The van der Waals surface area contributed by atoms with Crippen molar-refractivity contribution in [2.45, 2.75) is 29.8 Å². The van der Waals surface area contributed by atoms with Crippen molar-refractivity contribution in [2.24, 2.45) is 0 Å². The average Bonchev–Trinajstić information content (AvgIpc) is 2.62. The fourth-order valence-electron chi connectivity index (χ4n) is 3.34. The van der Waals surface area contributed by atoms with Gasteiger partial charge < -0.3 is 15.4 Å². The van der Waals surface area contributed by atoms with E-state index >= 15 is 0 Å². The first kappa shape index (κ1) is 15.4. The largest absolute Gasteiger partial charge is 0.493 e. The van der Waals surface area contributed by atoms with Gasteiger partial charge in [0.1, 0.15) is 5.75 Å². The van der Waals surface area contributed by atoms with Gasteiger partial charge in [0.05, 0.1) is 18.7 Å². The number of thioether (sulfide) groups is 1. The van der Waals surface area contributed by atoms with Crippen LogP contribution in [0.5, 0.6) is 5.75 Å². The molecule has 2 aliphatic heterocycles. The van der Waals surface area contributed by atoms with Gasteiger partial charge in [0.25, 0.3) is 0 Å². The Kier molecular flexibility index (Phi) is 4.34. The molecule has 2 aromatic rings. The molecule has 124 valence electrons. The van der Waals surface area contributed by atoms with E-state index in [-0.39, 0.29) is 18.1 Å². The van der Waals surface area contributed by atoms with Crippen molar-refractivity contribution in [1.29, 1.82) is 0 Å². The van der Waals surface area contributed by atoms with Crippen molar-refractivity contribution in [3.05, 3.63) is 59.7 Å². The standard InChI is InChI=1S/C19H20N2O2S/c22-19(20-15-9-11-23-17-7-3-1-5-13(15)17)21-16-10-12-24-18-8-4-2-6-14(16)18/h1-8,15-16H,9-12H2,(H2,20,21,22)/t15-,16-/m0/s1. The van der Waals surface area contributed by atoms with Gasteiger partial charge in [0.2, 0.25) is 0 Å². The number of para-hydroxylation sites is 1. The number of fused-ring (bicyclic) bond motifs is 2. The van der Waals surface area contributed by atoms with Crippen LogP contribution in [0.15, 0.2) is 53.4 Å². The monoisotopic (exact) mass is 340 g/mol. The second-order valence-electron chi connectivity index (χ2n) is 6.07. The van der Waals surface area contributed by atoms with Crippen LogP contribution < -0.4 is 15.4 Å². The van der Waals surface area contributed by atoms with Crippen LogP contribution in [0.25, 0.3) is 0 Å². The number of amides is 2. The summed E-state index contributed by atoms with van der Waals surface area (Å²) in [5, 5.41) is 6.27. The van der Waals surface area contributed by atoms with Crippen molar-refractivity contribution in [1.82, 2.24) is 10.6 Å². The number of carbonyl (C=O) groups is 1. The lowest BCUT2D eigenvalue weighted by atomic mass is 10.0. The molecule has 0 spiro atoms. The van der Waals surface area contributed by atoms with E-state index < -0.39 is 0 Å². The van der Waals surface area contributed by atoms with Gasteiger partial charge in [0.15, 0.2) is 0 Å². The molecule has 2 aromatic carbocycles. The molecule has 0 saturated heterocycles. The first-order valence-electron chi connectivity index (χ1n) is 8.32. The fourth-order valence-corrected chi connectivity index (χ4v) is 4.47. The summed E-state index contributed by atoms with van der Waals surface area (Å²) < 4.78 is 5.66. The zero-order valence-electron chi connectivity index (χ0n) is 13.3. The number of benzene rings is 2. The number of rotatable bonds is 2. The van der Waals surface area contributed by atoms with E-state index in [1.165, 1.54) is 10.5 Å². The Bertz CT molecular complexity index is 688. The average molecular weight is 340 g/mol. The Labute approximate surface area is 146 Å². The Morgan fingerprint density at radius 2 is 1.67 bits per heavy atom. The first-order chi connectivity index (χ1) is 11.8. The maximum atomic E-state index is 12.5. The molecule has 4 nitrogen and oxygen atoms in total. The highest BCUT2D eigenvalue weighted by Crippen LogP contribution is 2.36. The topological polar surface area (TPSA) is 50.4 Å². The second kappa shape index (κ2) is 6.77. The predicted molar refractivity (Wildman–Crippen MR) is 95.5 cm³/mol. The molecule has 0 fully saturated rings. The molecule has 24 heavy (non-hydrogen) atoms. The zero-order valence-corrected chi connectivity index (χ0v) is 14.1. The SMILES string of the molecule is O=C(N[C@H]1CCOc2ccccc21)N[C@H]1CCSc2ccccc21. The Morgan fingerprint density at radius 1 is 0.958 bits per heavy atom. The van der Waals surface area contributed by atoms with Gasteiger partial charge in [-0.3, -0.25) is 0 Å². The molecule has 4 rings (SSSR count). The van der Waals surface area contributed by atoms with Crippen molar-refractivity contribution in [2.75, 3.05) is 12.4 Å². The summed E-state index contributed by atoms with van der Waals surface area (Å²) in [7, 11) is 0. The predicted octanol–water partition coefficient (Wildman–Crippen LogP) is 4.05. The minimum Gasteiger partial charge on any atom is -0.493 e. The molecule has 2 N–H and O–H groups in total. The van der Waals surface area contributed by atoms with Crippen LogP contribution in [0.3, 0.4) is 0 Å². The molecule has 0 unspecified atom stereocenters. The van der Waals surface area contributed by atoms with Gasteiger partial charge in [-0.25, -0.2) is 4.79 Å². The normalized spacial score (nSPS) is 21.8. The first-order valence-corrected chi connectivity index (χ1v) is 9.30. The van der Waals surface area contributed by atoms with E-state index in [0.29, 0.717) is 6.61 Å². The molecule has 0 saturated carbocycles. The van der Waals surface area contributed by atoms with Crippen molar-refractivity contribution in [3.8, 4) is 5.75 Å². The fraction of sp³-hybridized carbons (Fsp3) is 0.316. The summed E-state index contributed by atoms with van der Waals surface area (Å²) in [6.45, 7) is 0.630. The molecule has 2 amide bonds. The summed E-state index contributed by atoms with van der Waals surface area (Å²) in [6.07, 6.45) is 1.75. The number of carbonyl (C=O) groups excluding carboxylic acids is 1. The number of nitrogens with one attached hydrogen (secondary N) is 2. The van der Waals surface area contributed by atoms with E-state index in [4.69, 9.17) is 4.74 Å². The number of urea groups is 1. The van der Waals surface area contributed by atoms with E-state index in [2.05, 4.69) is 22.8 Å². The molecular formula is C19H20N2O2S. The lowest BCUT2D eigenvalue weighted by Crippen LogP contribution is -2.42. The van der Waals surface area contributed by atoms with Gasteiger partial charge in [-0.2, -0.15) is 0 Å². The van der Waals surface area contributed by atoms with Crippen molar-refractivity contribution >= 4 is 17.8 Å². The quantitative estimate of drug-likeness (QED) is 0.867. The van der Waals surface area contributed by atoms with Crippen LogP contribution in [-0.4, -0.2) is 18.4 Å². The van der Waals surface area contributed by atoms with Gasteiger partial charge in [0, 0.05) is 22.6 Å². The molecule has 0 aromatic heterocycles. The van der Waals surface area contributed by atoms with E-state index in [9.17, 15) is 4.79 Å². The highest BCUT2D eigenvalue weighted by atomic mass is 32.2. The van der Waals surface area contributed by atoms with Crippen LogP contribution >= 0.6 is 11.8 Å². The molecule has 0 aliphatic carbocycles. The summed E-state index contributed by atoms with van der Waals surface area (Å²) >= 11 is 1.86. The Hall–Kier alpha value is -2.14. The highest BCUT2D eigenvalue weighted by molar-refractivity contribution is 7.99. The van der Waals surface area contributed by atoms with E-state index in [1.54, 1.807) is 0 Å². The van der Waals surface area contributed by atoms with Crippen LogP contribution in [-0.2, 0) is 0 Å². The van der Waals surface area contributed by atoms with Crippen molar-refractivity contribution < 1.29 is 9.53 Å². The zero-order chi connectivity index (χ0) is 16.4. The second-order valence-corrected chi connectivity index (χ2v) is 7.21. The van der Waals surface area contributed by atoms with Gasteiger partial charge in [-0.05, 0) is 24.1 Å². The molecular weight excluding hydrogens is 320 g/mol. The Morgan fingerprint density at radius 3 is 2.54 bits per heavy atom. The van der Waals surface area contributed by atoms with Crippen LogP contribution in [0.4, 0.5) is 4.79 Å². The highest BCUT2D eigenvalue weighted by Gasteiger charge is 2.25. The van der Waals surface area contributed by atoms with Crippen LogP contribution in [0.1, 0.15) is 36.1 Å². The lowest BCUT2D eigenvalue weighted by Gasteiger charge is -2.29. The minimum absolute atomic E-state index is 0.00293. The van der Waals surface area contributed by atoms with Crippen molar-refractivity contribution in [3.63, 3.8) is 0 Å². The third-order valence-corrected chi connectivity index (χ3v) is 5.65. The van der Waals surface area contributed by atoms with Gasteiger partial charge >= 0.3 is 6.03 Å². The van der Waals surface area contributed by atoms with Gasteiger partial charge in [-0.15, -0.1) is 11.8 Å². The maximum Gasteiger partial charge on any atom is 0.315 e. The maximum absolute atomic E-state index is 12.5. The van der Waals surface area contributed by atoms with Crippen LogP contribution in [0.2, 0.25) is 0 Å². The lowest BCUT2D eigenvalue weighted by molar-refractivity contribution is 0.220. The molecule has 2 atom stereocenters. The molecule has 2 aliphatic rings. The smallest absolute Gasteiger partial charge is 0.315 e. The number of hydrogen-bond donors (Lipinski definition) is 2. The molecule has 0 bridgehead atoms. The van der Waals surface area contributed by atoms with Gasteiger partial charge in [-0.1, -0.05) is 36.4 Å².